The van der Waals surface area contributed by atoms with Gasteiger partial charge in [0.2, 0.25) is 0 Å². The molecule has 0 radical (unpaired) electrons. The molecule has 26 heavy (non-hydrogen) atoms. The Morgan fingerprint density at radius 3 is 2.46 bits per heavy atom. The van der Waals surface area contributed by atoms with Crippen LogP contribution in [0.1, 0.15) is 44.4 Å². The first-order valence-corrected chi connectivity index (χ1v) is 9.36. The average molecular weight is 415 g/mol. The van der Waals surface area contributed by atoms with Gasteiger partial charge in [-0.05, 0) is 50.6 Å². The highest BCUT2D eigenvalue weighted by Gasteiger charge is 2.32. The zero-order chi connectivity index (χ0) is 18.9. The van der Waals surface area contributed by atoms with Crippen LogP contribution in [0.15, 0.2) is 69.9 Å². The number of aromatic hydroxyl groups is 1. The number of hydrogen-bond acceptors (Lipinski definition) is 4. The molecule has 0 saturated heterocycles. The summed E-state index contributed by atoms with van der Waals surface area (Å²) in [6.45, 7) is 5.40. The predicted octanol–water partition coefficient (Wildman–Crippen LogP) is 4.98. The van der Waals surface area contributed by atoms with Crippen LogP contribution < -0.4 is 0 Å². The summed E-state index contributed by atoms with van der Waals surface area (Å²) in [5.74, 6) is 0.255. The number of phenolic OH excluding ortho intramolecular Hbond substituents is 1. The molecule has 5 heteroatoms. The van der Waals surface area contributed by atoms with Crippen LogP contribution in [-0.2, 0) is 0 Å². The van der Waals surface area contributed by atoms with Gasteiger partial charge in [-0.2, -0.15) is 5.10 Å². The van der Waals surface area contributed by atoms with Gasteiger partial charge in [0.25, 0.3) is 0 Å². The van der Waals surface area contributed by atoms with Crippen molar-refractivity contribution in [3.63, 3.8) is 0 Å². The summed E-state index contributed by atoms with van der Waals surface area (Å²) in [6.07, 6.45) is 2.46. The standard InChI is InChI=1S/C21H23BrN2O2/c1-14(13-21(2,3)26)24-19(17-6-4-5-7-20(17)25)12-18(23-24)15-8-10-16(22)11-9-15/h4-11,13,19,25-26H,12H2,1-3H3/b14-13+. The van der Waals surface area contributed by atoms with Crippen molar-refractivity contribution >= 4 is 21.6 Å². The van der Waals surface area contributed by atoms with Crippen LogP contribution in [0.3, 0.4) is 0 Å². The van der Waals surface area contributed by atoms with E-state index >= 15 is 0 Å². The molecule has 136 valence electrons. The van der Waals surface area contributed by atoms with Gasteiger partial charge in [-0.1, -0.05) is 46.3 Å². The van der Waals surface area contributed by atoms with E-state index in [1.165, 1.54) is 0 Å². The van der Waals surface area contributed by atoms with Gasteiger partial charge in [0.1, 0.15) is 5.75 Å². The van der Waals surface area contributed by atoms with Crippen LogP contribution in [0.5, 0.6) is 5.75 Å². The number of aliphatic hydroxyl groups is 1. The maximum absolute atomic E-state index is 10.3. The lowest BCUT2D eigenvalue weighted by molar-refractivity contribution is 0.128. The fourth-order valence-corrected chi connectivity index (χ4v) is 3.51. The highest BCUT2D eigenvalue weighted by atomic mass is 79.9. The number of allylic oxidation sites excluding steroid dienone is 1. The average Bonchev–Trinajstić information content (AvgIpc) is 2.99. The molecule has 0 saturated carbocycles. The fourth-order valence-electron chi connectivity index (χ4n) is 3.24. The maximum atomic E-state index is 10.3. The van der Waals surface area contributed by atoms with Crippen molar-refractivity contribution in [2.75, 3.05) is 0 Å². The van der Waals surface area contributed by atoms with E-state index in [2.05, 4.69) is 15.9 Å². The molecule has 0 aliphatic carbocycles. The van der Waals surface area contributed by atoms with E-state index in [1.54, 1.807) is 26.0 Å². The molecular weight excluding hydrogens is 392 g/mol. The first-order chi connectivity index (χ1) is 12.2. The Morgan fingerprint density at radius 1 is 1.19 bits per heavy atom. The number of hydrazone groups is 1. The third-order valence-electron chi connectivity index (χ3n) is 4.31. The minimum atomic E-state index is -0.941. The molecule has 2 aromatic carbocycles. The molecule has 2 aromatic rings. The van der Waals surface area contributed by atoms with Gasteiger partial charge in [-0.25, -0.2) is 0 Å². The molecule has 1 aliphatic rings. The Hall–Kier alpha value is -2.11. The van der Waals surface area contributed by atoms with Crippen molar-refractivity contribution in [2.45, 2.75) is 38.8 Å². The van der Waals surface area contributed by atoms with Crippen molar-refractivity contribution in [1.82, 2.24) is 5.01 Å². The lowest BCUT2D eigenvalue weighted by atomic mass is 9.97. The van der Waals surface area contributed by atoms with Crippen molar-refractivity contribution in [3.05, 3.63) is 75.9 Å². The van der Waals surface area contributed by atoms with Crippen molar-refractivity contribution in [3.8, 4) is 5.75 Å². The summed E-state index contributed by atoms with van der Waals surface area (Å²) >= 11 is 3.46. The number of phenols is 1. The van der Waals surface area contributed by atoms with Gasteiger partial charge in [0.15, 0.2) is 0 Å². The van der Waals surface area contributed by atoms with Gasteiger partial charge < -0.3 is 10.2 Å². The highest BCUT2D eigenvalue weighted by molar-refractivity contribution is 9.10. The first-order valence-electron chi connectivity index (χ1n) is 8.57. The number of para-hydroxylation sites is 1. The molecule has 0 fully saturated rings. The van der Waals surface area contributed by atoms with Crippen LogP contribution in [0.4, 0.5) is 0 Å². The smallest absolute Gasteiger partial charge is 0.120 e. The van der Waals surface area contributed by atoms with Crippen molar-refractivity contribution in [1.29, 1.82) is 0 Å². The second-order valence-electron chi connectivity index (χ2n) is 7.12. The summed E-state index contributed by atoms with van der Waals surface area (Å²) in [4.78, 5) is 0. The Kier molecular flexibility index (Phi) is 5.21. The molecule has 0 aromatic heterocycles. The second kappa shape index (κ2) is 7.25. The molecule has 0 bridgehead atoms. The molecule has 1 aliphatic heterocycles. The highest BCUT2D eigenvalue weighted by Crippen LogP contribution is 2.39. The molecule has 0 spiro atoms. The quantitative estimate of drug-likeness (QED) is 0.741. The van der Waals surface area contributed by atoms with E-state index in [0.29, 0.717) is 6.42 Å². The van der Waals surface area contributed by atoms with E-state index in [1.807, 2.05) is 54.4 Å². The minimum Gasteiger partial charge on any atom is -0.508 e. The minimum absolute atomic E-state index is 0.117. The monoisotopic (exact) mass is 414 g/mol. The van der Waals surface area contributed by atoms with E-state index in [4.69, 9.17) is 5.10 Å². The third kappa shape index (κ3) is 4.17. The predicted molar refractivity (Wildman–Crippen MR) is 108 cm³/mol. The van der Waals surface area contributed by atoms with Gasteiger partial charge in [-0.3, -0.25) is 5.01 Å². The van der Waals surface area contributed by atoms with Crippen LogP contribution in [-0.4, -0.2) is 26.5 Å². The first kappa shape index (κ1) is 18.7. The summed E-state index contributed by atoms with van der Waals surface area (Å²) in [5, 5.41) is 27.2. The van der Waals surface area contributed by atoms with E-state index < -0.39 is 5.60 Å². The molecule has 3 rings (SSSR count). The zero-order valence-electron chi connectivity index (χ0n) is 15.1. The molecule has 2 N–H and O–H groups in total. The lowest BCUT2D eigenvalue weighted by Crippen LogP contribution is -2.22. The SMILES string of the molecule is C/C(=C\C(C)(C)O)N1N=C(c2ccc(Br)cc2)CC1c1ccccc1O. The van der Waals surface area contributed by atoms with Crippen LogP contribution in [0.25, 0.3) is 0 Å². The van der Waals surface area contributed by atoms with Crippen molar-refractivity contribution in [2.24, 2.45) is 5.10 Å². The number of halogens is 1. The fraction of sp³-hybridized carbons (Fsp3) is 0.286. The van der Waals surface area contributed by atoms with Crippen LogP contribution in [0.2, 0.25) is 0 Å². The van der Waals surface area contributed by atoms with Crippen LogP contribution >= 0.6 is 15.9 Å². The summed E-state index contributed by atoms with van der Waals surface area (Å²) in [5.41, 5.74) is 2.73. The lowest BCUT2D eigenvalue weighted by Gasteiger charge is -2.26. The van der Waals surface area contributed by atoms with E-state index in [9.17, 15) is 10.2 Å². The van der Waals surface area contributed by atoms with Crippen molar-refractivity contribution < 1.29 is 10.2 Å². The largest absolute Gasteiger partial charge is 0.508 e. The molecule has 1 heterocycles. The number of nitrogens with zero attached hydrogens (tertiary/aromatic N) is 2. The third-order valence-corrected chi connectivity index (χ3v) is 4.84. The Labute approximate surface area is 162 Å². The number of rotatable bonds is 4. The summed E-state index contributed by atoms with van der Waals surface area (Å²) < 4.78 is 1.02. The molecule has 1 atom stereocenters. The number of hydrogen-bond donors (Lipinski definition) is 2. The Morgan fingerprint density at radius 2 is 1.85 bits per heavy atom. The topological polar surface area (TPSA) is 56.1 Å². The van der Waals surface area contributed by atoms with E-state index in [-0.39, 0.29) is 11.8 Å². The van der Waals surface area contributed by atoms with Gasteiger partial charge in [-0.15, -0.1) is 0 Å². The Bertz CT molecular complexity index is 851. The van der Waals surface area contributed by atoms with Gasteiger partial charge in [0, 0.05) is 22.2 Å². The molecule has 1 unspecified atom stereocenters. The molecular formula is C21H23BrN2O2. The summed E-state index contributed by atoms with van der Waals surface area (Å²) in [7, 11) is 0. The van der Waals surface area contributed by atoms with E-state index in [0.717, 1.165) is 27.0 Å². The second-order valence-corrected chi connectivity index (χ2v) is 8.03. The Balaban J connectivity index is 2.02. The maximum Gasteiger partial charge on any atom is 0.120 e. The zero-order valence-corrected chi connectivity index (χ0v) is 16.7. The number of benzene rings is 2. The van der Waals surface area contributed by atoms with Crippen LogP contribution in [0, 0.1) is 0 Å². The summed E-state index contributed by atoms with van der Waals surface area (Å²) in [6, 6.07) is 15.3. The normalized spacial score (nSPS) is 18.2. The van der Waals surface area contributed by atoms with Gasteiger partial charge in [0.05, 0.1) is 17.4 Å². The molecule has 0 amide bonds. The molecule has 4 nitrogen and oxygen atoms in total. The van der Waals surface area contributed by atoms with Gasteiger partial charge >= 0.3 is 0 Å².